The Labute approximate surface area is 122 Å². The van der Waals surface area contributed by atoms with E-state index in [1.54, 1.807) is 12.1 Å². The van der Waals surface area contributed by atoms with Gasteiger partial charge in [0.2, 0.25) is 10.0 Å². The molecule has 0 aliphatic carbocycles. The second-order valence-corrected chi connectivity index (χ2v) is 7.07. The fourth-order valence-electron chi connectivity index (χ4n) is 2.13. The molecule has 0 saturated carbocycles. The Morgan fingerprint density at radius 1 is 1.20 bits per heavy atom. The summed E-state index contributed by atoms with van der Waals surface area (Å²) >= 11 is 0. The lowest BCUT2D eigenvalue weighted by Crippen LogP contribution is -2.38. The third-order valence-corrected chi connectivity index (χ3v) is 5.27. The van der Waals surface area contributed by atoms with Crippen molar-refractivity contribution in [2.45, 2.75) is 51.0 Å². The van der Waals surface area contributed by atoms with Gasteiger partial charge in [-0.3, -0.25) is 0 Å². The summed E-state index contributed by atoms with van der Waals surface area (Å²) in [7, 11) is -3.48. The number of rotatable bonds is 8. The van der Waals surface area contributed by atoms with Crippen LogP contribution < -0.4 is 0 Å². The third kappa shape index (κ3) is 4.30. The molecule has 0 aliphatic heterocycles. The van der Waals surface area contributed by atoms with Crippen LogP contribution in [0, 0.1) is 0 Å². The van der Waals surface area contributed by atoms with Gasteiger partial charge in [-0.05, 0) is 44.4 Å². The average Bonchev–Trinajstić information content (AvgIpc) is 2.39. The smallest absolute Gasteiger partial charge is 0.243 e. The van der Waals surface area contributed by atoms with Crippen LogP contribution in [0.3, 0.4) is 0 Å². The van der Waals surface area contributed by atoms with Crippen molar-refractivity contribution in [3.63, 3.8) is 0 Å². The largest absolute Gasteiger partial charge is 0.396 e. The standard InChI is InChI=1S/C15H25NO3S/c1-4-6-14-7-9-15(10-8-14)20(18,19)16(13(2)3)11-5-12-17/h7-10,13,17H,4-6,11-12H2,1-3H3. The van der Waals surface area contributed by atoms with Gasteiger partial charge in [-0.15, -0.1) is 0 Å². The fourth-order valence-corrected chi connectivity index (χ4v) is 3.81. The maximum absolute atomic E-state index is 12.6. The zero-order chi connectivity index (χ0) is 15.2. The van der Waals surface area contributed by atoms with Crippen molar-refractivity contribution in [2.75, 3.05) is 13.2 Å². The van der Waals surface area contributed by atoms with E-state index in [9.17, 15) is 8.42 Å². The first-order valence-electron chi connectivity index (χ1n) is 7.15. The lowest BCUT2D eigenvalue weighted by molar-refractivity contribution is 0.258. The van der Waals surface area contributed by atoms with E-state index in [0.717, 1.165) is 18.4 Å². The predicted octanol–water partition coefficient (Wildman–Crippen LogP) is 2.42. The van der Waals surface area contributed by atoms with Gasteiger partial charge in [-0.2, -0.15) is 4.31 Å². The number of hydrogen-bond donors (Lipinski definition) is 1. The molecule has 1 rings (SSSR count). The van der Waals surface area contributed by atoms with Crippen LogP contribution in [0.25, 0.3) is 0 Å². The summed E-state index contributed by atoms with van der Waals surface area (Å²) in [4.78, 5) is 0.323. The maximum Gasteiger partial charge on any atom is 0.243 e. The van der Waals surface area contributed by atoms with Gasteiger partial charge in [0, 0.05) is 19.2 Å². The first kappa shape index (κ1) is 17.1. The number of hydrogen-bond acceptors (Lipinski definition) is 3. The Morgan fingerprint density at radius 3 is 2.25 bits per heavy atom. The second kappa shape index (κ2) is 7.76. The van der Waals surface area contributed by atoms with Crippen LogP contribution in [0.5, 0.6) is 0 Å². The molecule has 0 bridgehead atoms. The van der Waals surface area contributed by atoms with Crippen molar-refractivity contribution >= 4 is 10.0 Å². The van der Waals surface area contributed by atoms with Crippen LogP contribution >= 0.6 is 0 Å². The van der Waals surface area contributed by atoms with Gasteiger partial charge in [0.1, 0.15) is 0 Å². The highest BCUT2D eigenvalue weighted by Gasteiger charge is 2.26. The van der Waals surface area contributed by atoms with E-state index in [1.165, 1.54) is 4.31 Å². The number of aliphatic hydroxyl groups is 1. The van der Waals surface area contributed by atoms with E-state index in [-0.39, 0.29) is 12.6 Å². The molecule has 0 spiro atoms. The summed E-state index contributed by atoms with van der Waals surface area (Å²) in [6.07, 6.45) is 2.45. The first-order chi connectivity index (χ1) is 9.43. The lowest BCUT2D eigenvalue weighted by Gasteiger charge is -2.25. The zero-order valence-electron chi connectivity index (χ0n) is 12.5. The van der Waals surface area contributed by atoms with Crippen LogP contribution in [0.2, 0.25) is 0 Å². The molecule has 0 fully saturated rings. The van der Waals surface area contributed by atoms with Gasteiger partial charge in [0.25, 0.3) is 0 Å². The monoisotopic (exact) mass is 299 g/mol. The summed E-state index contributed by atoms with van der Waals surface area (Å²) in [5.41, 5.74) is 1.15. The van der Waals surface area contributed by atoms with Crippen molar-refractivity contribution in [3.05, 3.63) is 29.8 Å². The van der Waals surface area contributed by atoms with Gasteiger partial charge in [0.05, 0.1) is 4.90 Å². The fraction of sp³-hybridized carbons (Fsp3) is 0.600. The molecule has 0 saturated heterocycles. The highest BCUT2D eigenvalue weighted by molar-refractivity contribution is 7.89. The normalized spacial score (nSPS) is 12.3. The van der Waals surface area contributed by atoms with Gasteiger partial charge < -0.3 is 5.11 Å². The van der Waals surface area contributed by atoms with Crippen molar-refractivity contribution in [1.82, 2.24) is 4.31 Å². The zero-order valence-corrected chi connectivity index (χ0v) is 13.4. The summed E-state index contributed by atoms with van der Waals surface area (Å²) in [6.45, 7) is 6.13. The van der Waals surface area contributed by atoms with Crippen LogP contribution in [0.15, 0.2) is 29.2 Å². The molecule has 0 unspecified atom stereocenters. The highest BCUT2D eigenvalue weighted by Crippen LogP contribution is 2.19. The van der Waals surface area contributed by atoms with Crippen LogP contribution in [-0.4, -0.2) is 37.0 Å². The number of aliphatic hydroxyl groups excluding tert-OH is 1. The summed E-state index contributed by atoms with van der Waals surface area (Å²) in [5, 5.41) is 8.91. The molecular weight excluding hydrogens is 274 g/mol. The first-order valence-corrected chi connectivity index (χ1v) is 8.59. The molecular formula is C15H25NO3S. The quantitative estimate of drug-likeness (QED) is 0.802. The molecule has 4 nitrogen and oxygen atoms in total. The van der Waals surface area contributed by atoms with E-state index in [2.05, 4.69) is 6.92 Å². The Hall–Kier alpha value is -0.910. The predicted molar refractivity (Wildman–Crippen MR) is 81.2 cm³/mol. The van der Waals surface area contributed by atoms with E-state index >= 15 is 0 Å². The molecule has 0 heterocycles. The van der Waals surface area contributed by atoms with E-state index in [4.69, 9.17) is 5.11 Å². The van der Waals surface area contributed by atoms with Crippen molar-refractivity contribution in [2.24, 2.45) is 0 Å². The SMILES string of the molecule is CCCc1ccc(S(=O)(=O)N(CCCO)C(C)C)cc1. The number of sulfonamides is 1. The minimum atomic E-state index is -3.48. The molecule has 0 aromatic heterocycles. The summed E-state index contributed by atoms with van der Waals surface area (Å²) < 4.78 is 26.6. The molecule has 1 N–H and O–H groups in total. The molecule has 0 radical (unpaired) electrons. The topological polar surface area (TPSA) is 57.6 Å². The minimum Gasteiger partial charge on any atom is -0.396 e. The summed E-state index contributed by atoms with van der Waals surface area (Å²) in [5.74, 6) is 0. The Kier molecular flexibility index (Phi) is 6.65. The lowest BCUT2D eigenvalue weighted by atomic mass is 10.1. The van der Waals surface area contributed by atoms with Crippen molar-refractivity contribution in [3.8, 4) is 0 Å². The minimum absolute atomic E-state index is 0.00578. The number of benzene rings is 1. The molecule has 0 atom stereocenters. The van der Waals surface area contributed by atoms with Crippen LogP contribution in [0.4, 0.5) is 0 Å². The van der Waals surface area contributed by atoms with E-state index in [1.807, 2.05) is 26.0 Å². The summed E-state index contributed by atoms with van der Waals surface area (Å²) in [6, 6.07) is 6.98. The highest BCUT2D eigenvalue weighted by atomic mass is 32.2. The van der Waals surface area contributed by atoms with Gasteiger partial charge in [0.15, 0.2) is 0 Å². The van der Waals surface area contributed by atoms with Gasteiger partial charge >= 0.3 is 0 Å². The van der Waals surface area contributed by atoms with Gasteiger partial charge in [-0.1, -0.05) is 25.5 Å². The Balaban J connectivity index is 3.00. The molecule has 0 aliphatic rings. The average molecular weight is 299 g/mol. The Morgan fingerprint density at radius 2 is 1.80 bits per heavy atom. The maximum atomic E-state index is 12.6. The molecule has 114 valence electrons. The number of nitrogens with zero attached hydrogens (tertiary/aromatic N) is 1. The van der Waals surface area contributed by atoms with Crippen molar-refractivity contribution < 1.29 is 13.5 Å². The molecule has 1 aromatic rings. The molecule has 5 heteroatoms. The van der Waals surface area contributed by atoms with E-state index < -0.39 is 10.0 Å². The van der Waals surface area contributed by atoms with E-state index in [0.29, 0.717) is 17.9 Å². The van der Waals surface area contributed by atoms with Crippen LogP contribution in [0.1, 0.15) is 39.2 Å². The Bertz CT molecular complexity index is 494. The second-order valence-electron chi connectivity index (χ2n) is 5.18. The third-order valence-electron chi connectivity index (χ3n) is 3.18. The molecule has 20 heavy (non-hydrogen) atoms. The molecule has 1 aromatic carbocycles. The van der Waals surface area contributed by atoms with Crippen molar-refractivity contribution in [1.29, 1.82) is 0 Å². The molecule has 0 amide bonds. The van der Waals surface area contributed by atoms with Gasteiger partial charge in [-0.25, -0.2) is 8.42 Å². The number of aryl methyl sites for hydroxylation is 1. The van der Waals surface area contributed by atoms with Crippen LogP contribution in [-0.2, 0) is 16.4 Å².